The molecule has 19 heavy (non-hydrogen) atoms. The summed E-state index contributed by atoms with van der Waals surface area (Å²) in [5, 5.41) is 3.96. The fourth-order valence-electron chi connectivity index (χ4n) is 1.67. The second-order valence-corrected chi connectivity index (χ2v) is 6.44. The van der Waals surface area contributed by atoms with Crippen molar-refractivity contribution in [3.63, 3.8) is 0 Å². The van der Waals surface area contributed by atoms with Crippen molar-refractivity contribution in [1.82, 2.24) is 9.97 Å². The lowest BCUT2D eigenvalue weighted by molar-refractivity contribution is 1.11. The Labute approximate surface area is 128 Å². The topological polar surface area (TPSA) is 25.8 Å². The molecule has 6 heteroatoms. The zero-order valence-corrected chi connectivity index (χ0v) is 12.8. The van der Waals surface area contributed by atoms with Crippen molar-refractivity contribution >= 4 is 56.5 Å². The number of hydrogen-bond acceptors (Lipinski definition) is 4. The quantitative estimate of drug-likeness (QED) is 0.371. The van der Waals surface area contributed by atoms with Gasteiger partial charge in [0, 0.05) is 10.8 Å². The first-order chi connectivity index (χ1) is 9.24. The predicted molar refractivity (Wildman–Crippen MR) is 83.4 cm³/mol. The van der Waals surface area contributed by atoms with Crippen LogP contribution in [0.15, 0.2) is 40.7 Å². The molecule has 0 aliphatic carbocycles. The number of benzene rings is 1. The van der Waals surface area contributed by atoms with E-state index >= 15 is 0 Å². The highest BCUT2D eigenvalue weighted by Crippen LogP contribution is 2.33. The molecule has 3 aromatic rings. The van der Waals surface area contributed by atoms with Gasteiger partial charge in [-0.3, -0.25) is 0 Å². The molecule has 0 atom stereocenters. The Hall–Kier alpha value is -0.810. The fraction of sp³-hybridized carbons (Fsp3) is 0.0769. The Morgan fingerprint density at radius 1 is 1.11 bits per heavy atom. The van der Waals surface area contributed by atoms with E-state index in [1.165, 1.54) is 0 Å². The smallest absolute Gasteiger partial charge is 0.217 e. The highest BCUT2D eigenvalue weighted by Gasteiger charge is 2.09. The first kappa shape index (κ1) is 13.2. The summed E-state index contributed by atoms with van der Waals surface area (Å²) >= 11 is 15.3. The molecule has 0 N–H and O–H groups in total. The van der Waals surface area contributed by atoms with E-state index in [9.17, 15) is 0 Å². The van der Waals surface area contributed by atoms with Crippen LogP contribution in [0.5, 0.6) is 0 Å². The van der Waals surface area contributed by atoms with E-state index in [4.69, 9.17) is 23.2 Å². The van der Waals surface area contributed by atoms with Crippen molar-refractivity contribution in [2.24, 2.45) is 0 Å². The maximum absolute atomic E-state index is 6.15. The minimum absolute atomic E-state index is 0.285. The third-order valence-corrected chi connectivity index (χ3v) is 5.17. The van der Waals surface area contributed by atoms with Gasteiger partial charge in [0.05, 0.1) is 10.2 Å². The lowest BCUT2D eigenvalue weighted by Crippen LogP contribution is -1.88. The molecule has 0 saturated heterocycles. The van der Waals surface area contributed by atoms with E-state index in [1.54, 1.807) is 23.1 Å². The van der Waals surface area contributed by atoms with Crippen molar-refractivity contribution in [2.45, 2.75) is 10.8 Å². The van der Waals surface area contributed by atoms with Crippen molar-refractivity contribution in [3.8, 4) is 0 Å². The molecule has 0 fully saturated rings. The fourth-order valence-corrected chi connectivity index (χ4v) is 4.14. The number of thiophene rings is 1. The minimum atomic E-state index is 0.285. The Kier molecular flexibility index (Phi) is 3.93. The number of aromatic nitrogens is 2. The largest absolute Gasteiger partial charge is 0.224 e. The molecule has 96 valence electrons. The second kappa shape index (κ2) is 5.67. The van der Waals surface area contributed by atoms with Crippen LogP contribution >= 0.6 is 46.3 Å². The molecule has 2 aromatic heterocycles. The van der Waals surface area contributed by atoms with Crippen LogP contribution in [-0.4, -0.2) is 9.97 Å². The van der Waals surface area contributed by atoms with Gasteiger partial charge in [0.25, 0.3) is 0 Å². The summed E-state index contributed by atoms with van der Waals surface area (Å²) in [5.41, 5.74) is 1.99. The summed E-state index contributed by atoms with van der Waals surface area (Å²) in [5.74, 6) is 0.764. The Bertz CT molecular complexity index is 727. The standard InChI is InChI=1S/C13H8Cl2N2S2/c14-9-4-2-1-3-8(9)7-19-12-11-10(5-6-18-11)16-13(15)17-12/h1-6H,7H2. The highest BCUT2D eigenvalue weighted by molar-refractivity contribution is 7.98. The zero-order chi connectivity index (χ0) is 13.2. The average molecular weight is 327 g/mol. The van der Waals surface area contributed by atoms with Crippen molar-refractivity contribution in [3.05, 3.63) is 51.6 Å². The lowest BCUT2D eigenvalue weighted by Gasteiger charge is -2.04. The molecule has 0 unspecified atom stereocenters. The first-order valence-electron chi connectivity index (χ1n) is 5.51. The van der Waals surface area contributed by atoms with E-state index in [1.807, 2.05) is 35.7 Å². The van der Waals surface area contributed by atoms with Crippen LogP contribution in [0.1, 0.15) is 5.56 Å². The Balaban J connectivity index is 1.90. The SMILES string of the molecule is Clc1nc(SCc2ccccc2Cl)c2sccc2n1. The summed E-state index contributed by atoms with van der Waals surface area (Å²) in [4.78, 5) is 8.50. The van der Waals surface area contributed by atoms with Gasteiger partial charge in [-0.25, -0.2) is 9.97 Å². The molecule has 0 bridgehead atoms. The maximum atomic E-state index is 6.15. The Morgan fingerprint density at radius 2 is 1.95 bits per heavy atom. The number of nitrogens with zero attached hydrogens (tertiary/aromatic N) is 2. The molecular weight excluding hydrogens is 319 g/mol. The van der Waals surface area contributed by atoms with Gasteiger partial charge >= 0.3 is 0 Å². The molecule has 0 radical (unpaired) electrons. The predicted octanol–water partition coefficient (Wildman–Crippen LogP) is 5.29. The third-order valence-electron chi connectivity index (χ3n) is 2.57. The molecule has 0 aliphatic rings. The molecule has 3 rings (SSSR count). The van der Waals surface area contributed by atoms with E-state index in [0.29, 0.717) is 0 Å². The van der Waals surface area contributed by atoms with Gasteiger partial charge < -0.3 is 0 Å². The normalized spacial score (nSPS) is 11.1. The molecule has 0 aliphatic heterocycles. The van der Waals surface area contributed by atoms with E-state index < -0.39 is 0 Å². The number of hydrogen-bond donors (Lipinski definition) is 0. The number of thioether (sulfide) groups is 1. The number of halogens is 2. The number of rotatable bonds is 3. The molecule has 0 saturated carbocycles. The number of fused-ring (bicyclic) bond motifs is 1. The summed E-state index contributed by atoms with van der Waals surface area (Å²) in [6, 6.07) is 9.77. The molecule has 2 nitrogen and oxygen atoms in total. The van der Waals surface area contributed by atoms with Gasteiger partial charge in [-0.05, 0) is 34.7 Å². The van der Waals surface area contributed by atoms with Gasteiger partial charge in [-0.15, -0.1) is 11.3 Å². The summed E-state index contributed by atoms with van der Waals surface area (Å²) < 4.78 is 1.07. The molecule has 0 spiro atoms. The Morgan fingerprint density at radius 3 is 2.79 bits per heavy atom. The van der Waals surface area contributed by atoms with Gasteiger partial charge in [-0.1, -0.05) is 41.6 Å². The van der Waals surface area contributed by atoms with Crippen molar-refractivity contribution < 1.29 is 0 Å². The lowest BCUT2D eigenvalue weighted by atomic mass is 10.2. The molecular formula is C13H8Cl2N2S2. The maximum Gasteiger partial charge on any atom is 0.224 e. The van der Waals surface area contributed by atoms with Crippen LogP contribution in [0, 0.1) is 0 Å². The van der Waals surface area contributed by atoms with E-state index in [-0.39, 0.29) is 5.28 Å². The van der Waals surface area contributed by atoms with Crippen LogP contribution in [0.25, 0.3) is 10.2 Å². The van der Waals surface area contributed by atoms with Crippen molar-refractivity contribution in [2.75, 3.05) is 0 Å². The second-order valence-electron chi connectivity index (χ2n) is 3.81. The average Bonchev–Trinajstić information content (AvgIpc) is 2.85. The molecule has 0 amide bonds. The molecule has 1 aromatic carbocycles. The van der Waals surface area contributed by atoms with Crippen LogP contribution in [0.4, 0.5) is 0 Å². The summed E-state index contributed by atoms with van der Waals surface area (Å²) in [6.45, 7) is 0. The summed E-state index contributed by atoms with van der Waals surface area (Å²) in [6.07, 6.45) is 0. The van der Waals surface area contributed by atoms with Gasteiger partial charge in [0.15, 0.2) is 0 Å². The zero-order valence-electron chi connectivity index (χ0n) is 9.64. The molecule has 2 heterocycles. The first-order valence-corrected chi connectivity index (χ1v) is 8.13. The van der Waals surface area contributed by atoms with Crippen LogP contribution in [0.2, 0.25) is 10.3 Å². The highest BCUT2D eigenvalue weighted by atomic mass is 35.5. The van der Waals surface area contributed by atoms with E-state index in [2.05, 4.69) is 9.97 Å². The van der Waals surface area contributed by atoms with E-state index in [0.717, 1.165) is 31.6 Å². The van der Waals surface area contributed by atoms with Crippen LogP contribution in [-0.2, 0) is 5.75 Å². The van der Waals surface area contributed by atoms with Gasteiger partial charge in [-0.2, -0.15) is 0 Å². The third kappa shape index (κ3) is 2.87. The summed E-state index contributed by atoms with van der Waals surface area (Å²) in [7, 11) is 0. The van der Waals surface area contributed by atoms with Gasteiger partial charge in [0.1, 0.15) is 5.03 Å². The monoisotopic (exact) mass is 326 g/mol. The van der Waals surface area contributed by atoms with Crippen molar-refractivity contribution in [1.29, 1.82) is 0 Å². The minimum Gasteiger partial charge on any atom is -0.217 e. The van der Waals surface area contributed by atoms with Gasteiger partial charge in [0.2, 0.25) is 5.28 Å². The van der Waals surface area contributed by atoms with Crippen LogP contribution < -0.4 is 0 Å². The van der Waals surface area contributed by atoms with Crippen LogP contribution in [0.3, 0.4) is 0 Å².